The van der Waals surface area contributed by atoms with Gasteiger partial charge in [0, 0.05) is 17.7 Å². The summed E-state index contributed by atoms with van der Waals surface area (Å²) in [6.45, 7) is 3.93. The Hall–Kier alpha value is -3.81. The Labute approximate surface area is 179 Å². The first kappa shape index (κ1) is 21.9. The predicted molar refractivity (Wildman–Crippen MR) is 118 cm³/mol. The maximum absolute atomic E-state index is 13.1. The SMILES string of the molecule is CCCC1=NN(c2ccc(C)cc2)C(=O)C1CC(=Cc1ccc([N+](=O)[O-])cc1)C(=O)O. The number of benzene rings is 2. The fourth-order valence-electron chi connectivity index (χ4n) is 3.42. The Morgan fingerprint density at radius 1 is 1.19 bits per heavy atom. The molecule has 0 fully saturated rings. The van der Waals surface area contributed by atoms with Gasteiger partial charge in [0.1, 0.15) is 0 Å². The van der Waals surface area contributed by atoms with Gasteiger partial charge in [-0.3, -0.25) is 14.9 Å². The zero-order valence-corrected chi connectivity index (χ0v) is 17.3. The lowest BCUT2D eigenvalue weighted by Crippen LogP contribution is -2.28. The van der Waals surface area contributed by atoms with Gasteiger partial charge in [-0.25, -0.2) is 9.80 Å². The molecule has 1 heterocycles. The molecule has 0 aliphatic carbocycles. The Bertz CT molecular complexity index is 1060. The van der Waals surface area contributed by atoms with Crippen LogP contribution in [0, 0.1) is 23.0 Å². The lowest BCUT2D eigenvalue weighted by molar-refractivity contribution is -0.384. The number of hydrazone groups is 1. The molecule has 0 bridgehead atoms. The summed E-state index contributed by atoms with van der Waals surface area (Å²) < 4.78 is 0. The largest absolute Gasteiger partial charge is 0.478 e. The smallest absolute Gasteiger partial charge is 0.331 e. The lowest BCUT2D eigenvalue weighted by Gasteiger charge is -2.15. The third-order valence-corrected chi connectivity index (χ3v) is 5.07. The molecule has 160 valence electrons. The molecular weight excluding hydrogens is 398 g/mol. The average Bonchev–Trinajstić information content (AvgIpc) is 3.04. The Kier molecular flexibility index (Phi) is 6.59. The monoisotopic (exact) mass is 421 g/mol. The molecule has 2 aromatic rings. The highest BCUT2D eigenvalue weighted by Gasteiger charge is 2.37. The Morgan fingerprint density at radius 3 is 2.39 bits per heavy atom. The summed E-state index contributed by atoms with van der Waals surface area (Å²) in [4.78, 5) is 35.3. The van der Waals surface area contributed by atoms with E-state index in [-0.39, 0.29) is 23.6 Å². The number of carbonyl (C=O) groups excluding carboxylic acids is 1. The zero-order valence-electron chi connectivity index (χ0n) is 17.3. The topological polar surface area (TPSA) is 113 Å². The van der Waals surface area contributed by atoms with Gasteiger partial charge in [0.25, 0.3) is 11.6 Å². The second-order valence-corrected chi connectivity index (χ2v) is 7.41. The number of carbonyl (C=O) groups is 2. The minimum absolute atomic E-state index is 0.00759. The van der Waals surface area contributed by atoms with Crippen molar-refractivity contribution in [2.75, 3.05) is 5.01 Å². The van der Waals surface area contributed by atoms with Crippen LogP contribution in [0.5, 0.6) is 0 Å². The summed E-state index contributed by atoms with van der Waals surface area (Å²) >= 11 is 0. The normalized spacial score (nSPS) is 16.4. The minimum atomic E-state index is -1.14. The van der Waals surface area contributed by atoms with Crippen molar-refractivity contribution in [2.45, 2.75) is 33.1 Å². The second-order valence-electron chi connectivity index (χ2n) is 7.41. The van der Waals surface area contributed by atoms with E-state index in [1.54, 1.807) is 0 Å². The second kappa shape index (κ2) is 9.34. The number of aryl methyl sites for hydroxylation is 1. The third kappa shape index (κ3) is 5.03. The third-order valence-electron chi connectivity index (χ3n) is 5.07. The van der Waals surface area contributed by atoms with Crippen LogP contribution in [0.15, 0.2) is 59.2 Å². The van der Waals surface area contributed by atoms with Gasteiger partial charge in [0.2, 0.25) is 0 Å². The molecule has 3 rings (SSSR count). The first-order chi connectivity index (χ1) is 14.8. The highest BCUT2D eigenvalue weighted by Crippen LogP contribution is 2.30. The summed E-state index contributed by atoms with van der Waals surface area (Å²) in [5.41, 5.74) is 2.83. The molecular formula is C23H23N3O5. The molecule has 1 aliphatic heterocycles. The molecule has 1 unspecified atom stereocenters. The number of nitro groups is 1. The van der Waals surface area contributed by atoms with Gasteiger partial charge in [0.05, 0.1) is 22.2 Å². The number of nitrogens with zero attached hydrogens (tertiary/aromatic N) is 3. The molecule has 8 heteroatoms. The molecule has 1 amide bonds. The summed E-state index contributed by atoms with van der Waals surface area (Å²) in [7, 11) is 0. The Balaban J connectivity index is 1.88. The van der Waals surface area contributed by atoms with Gasteiger partial charge in [-0.15, -0.1) is 0 Å². The number of nitro benzene ring substituents is 1. The lowest BCUT2D eigenvalue weighted by atomic mass is 9.91. The van der Waals surface area contributed by atoms with Crippen molar-refractivity contribution >= 4 is 35.0 Å². The summed E-state index contributed by atoms with van der Waals surface area (Å²) in [5, 5.41) is 26.4. The highest BCUT2D eigenvalue weighted by atomic mass is 16.6. The van der Waals surface area contributed by atoms with Gasteiger partial charge >= 0.3 is 5.97 Å². The number of hydrogen-bond acceptors (Lipinski definition) is 5. The van der Waals surface area contributed by atoms with Crippen LogP contribution in [0.2, 0.25) is 0 Å². The summed E-state index contributed by atoms with van der Waals surface area (Å²) in [6, 6.07) is 13.0. The predicted octanol–water partition coefficient (Wildman–Crippen LogP) is 4.58. The van der Waals surface area contributed by atoms with Gasteiger partial charge in [0.15, 0.2) is 0 Å². The van der Waals surface area contributed by atoms with E-state index in [1.165, 1.54) is 35.4 Å². The maximum atomic E-state index is 13.1. The Morgan fingerprint density at radius 2 is 1.84 bits per heavy atom. The maximum Gasteiger partial charge on any atom is 0.331 e. The molecule has 1 atom stereocenters. The standard InChI is InChI=1S/C23H23N3O5/c1-3-4-21-20(22(27)25(24-21)18-9-5-15(2)6-10-18)14-17(23(28)29)13-16-7-11-19(12-8-16)26(30)31/h5-13,20H,3-4,14H2,1-2H3,(H,28,29). The van der Waals surface area contributed by atoms with Crippen LogP contribution < -0.4 is 5.01 Å². The fourth-order valence-corrected chi connectivity index (χ4v) is 3.42. The first-order valence-corrected chi connectivity index (χ1v) is 9.96. The first-order valence-electron chi connectivity index (χ1n) is 9.96. The number of hydrogen-bond donors (Lipinski definition) is 1. The summed E-state index contributed by atoms with van der Waals surface area (Å²) in [6.07, 6.45) is 2.80. The minimum Gasteiger partial charge on any atom is -0.478 e. The average molecular weight is 421 g/mol. The molecule has 8 nitrogen and oxygen atoms in total. The van der Waals surface area contributed by atoms with Crippen LogP contribution in [0.25, 0.3) is 6.08 Å². The van der Waals surface area contributed by atoms with E-state index in [4.69, 9.17) is 0 Å². The fraction of sp³-hybridized carbons (Fsp3) is 0.261. The number of non-ortho nitro benzene ring substituents is 1. The van der Waals surface area contributed by atoms with E-state index >= 15 is 0 Å². The number of aliphatic carboxylic acids is 1. The van der Waals surface area contributed by atoms with Crippen LogP contribution in [0.4, 0.5) is 11.4 Å². The quantitative estimate of drug-likeness (QED) is 0.381. The van der Waals surface area contributed by atoms with Crippen LogP contribution in [0.3, 0.4) is 0 Å². The molecule has 1 N–H and O–H groups in total. The number of rotatable bonds is 8. The van der Waals surface area contributed by atoms with Gasteiger partial charge in [-0.1, -0.05) is 31.0 Å². The number of amides is 1. The molecule has 0 saturated heterocycles. The zero-order chi connectivity index (χ0) is 22.5. The van der Waals surface area contributed by atoms with Crippen molar-refractivity contribution in [1.29, 1.82) is 0 Å². The van der Waals surface area contributed by atoms with Crippen LogP contribution >= 0.6 is 0 Å². The van der Waals surface area contributed by atoms with Gasteiger partial charge in [-0.05, 0) is 55.7 Å². The molecule has 0 aromatic heterocycles. The van der Waals surface area contributed by atoms with Gasteiger partial charge < -0.3 is 5.11 Å². The molecule has 0 saturated carbocycles. The number of carboxylic acid groups (broad SMARTS) is 1. The van der Waals surface area contributed by atoms with E-state index in [0.29, 0.717) is 23.4 Å². The van der Waals surface area contributed by atoms with Crippen LogP contribution in [0.1, 0.15) is 37.3 Å². The van der Waals surface area contributed by atoms with E-state index < -0.39 is 16.8 Å². The van der Waals surface area contributed by atoms with Crippen LogP contribution in [-0.4, -0.2) is 27.6 Å². The van der Waals surface area contributed by atoms with E-state index in [2.05, 4.69) is 5.10 Å². The molecule has 1 aliphatic rings. The molecule has 0 radical (unpaired) electrons. The number of anilines is 1. The van der Waals surface area contributed by atoms with Crippen molar-refractivity contribution in [2.24, 2.45) is 11.0 Å². The van der Waals surface area contributed by atoms with Crippen molar-refractivity contribution in [1.82, 2.24) is 0 Å². The van der Waals surface area contributed by atoms with Crippen molar-refractivity contribution in [3.05, 3.63) is 75.3 Å². The van der Waals surface area contributed by atoms with Gasteiger partial charge in [-0.2, -0.15) is 5.10 Å². The highest BCUT2D eigenvalue weighted by molar-refractivity contribution is 6.16. The van der Waals surface area contributed by atoms with Crippen molar-refractivity contribution in [3.63, 3.8) is 0 Å². The summed E-state index contributed by atoms with van der Waals surface area (Å²) in [5.74, 6) is -2.07. The van der Waals surface area contributed by atoms with E-state index in [0.717, 1.165) is 12.0 Å². The van der Waals surface area contributed by atoms with Crippen LogP contribution in [-0.2, 0) is 9.59 Å². The molecule has 2 aromatic carbocycles. The van der Waals surface area contributed by atoms with Crippen molar-refractivity contribution < 1.29 is 19.6 Å². The van der Waals surface area contributed by atoms with Crippen molar-refractivity contribution in [3.8, 4) is 0 Å². The van der Waals surface area contributed by atoms with E-state index in [9.17, 15) is 24.8 Å². The molecule has 31 heavy (non-hydrogen) atoms. The number of carboxylic acids is 1. The van der Waals surface area contributed by atoms with E-state index in [1.807, 2.05) is 38.1 Å². The molecule has 0 spiro atoms.